The van der Waals surface area contributed by atoms with Crippen molar-refractivity contribution in [2.24, 2.45) is 0 Å². The second-order valence-corrected chi connectivity index (χ2v) is 12.1. The Labute approximate surface area is 294 Å². The molecule has 0 saturated carbocycles. The summed E-state index contributed by atoms with van der Waals surface area (Å²) in [6.45, 7) is 0. The number of fused-ring (bicyclic) bond motifs is 6. The Morgan fingerprint density at radius 3 is 1.76 bits per heavy atom. The average molecular weight is 646 g/mol. The summed E-state index contributed by atoms with van der Waals surface area (Å²) < 4.78 is 50.7. The molecule has 0 bridgehead atoms. The van der Waals surface area contributed by atoms with Crippen molar-refractivity contribution in [3.63, 3.8) is 0 Å². The molecule has 5 nitrogen and oxygen atoms in total. The van der Waals surface area contributed by atoms with Crippen molar-refractivity contribution in [3.05, 3.63) is 170 Å². The summed E-state index contributed by atoms with van der Waals surface area (Å²) in [5.74, 6) is 1.45. The number of furan rings is 1. The van der Waals surface area contributed by atoms with Crippen molar-refractivity contribution < 1.29 is 11.3 Å². The van der Waals surface area contributed by atoms with Crippen LogP contribution in [0.3, 0.4) is 0 Å². The highest BCUT2D eigenvalue weighted by Crippen LogP contribution is 2.40. The van der Waals surface area contributed by atoms with Gasteiger partial charge in [-0.25, -0.2) is 15.0 Å². The maximum Gasteiger partial charge on any atom is 0.164 e. The largest absolute Gasteiger partial charge is 0.455 e. The Morgan fingerprint density at radius 2 is 1.04 bits per heavy atom. The Balaban J connectivity index is 1.15. The lowest BCUT2D eigenvalue weighted by Gasteiger charge is -2.11. The number of para-hydroxylation sites is 3. The molecule has 0 spiro atoms. The van der Waals surface area contributed by atoms with Gasteiger partial charge in [0.15, 0.2) is 17.5 Å². The summed E-state index contributed by atoms with van der Waals surface area (Å²) in [6, 6.07) is 44.1. The number of aromatic nitrogens is 4. The van der Waals surface area contributed by atoms with Gasteiger partial charge < -0.3 is 8.98 Å². The van der Waals surface area contributed by atoms with E-state index in [2.05, 4.69) is 65.2 Å². The summed E-state index contributed by atoms with van der Waals surface area (Å²) in [5.41, 5.74) is 7.06. The topological polar surface area (TPSA) is 56.7 Å². The molecule has 0 aliphatic heterocycles. The summed E-state index contributed by atoms with van der Waals surface area (Å²) in [5, 5.41) is 3.83. The van der Waals surface area contributed by atoms with Crippen LogP contribution in [-0.4, -0.2) is 19.5 Å². The average Bonchev–Trinajstić information content (AvgIpc) is 3.79. The van der Waals surface area contributed by atoms with Crippen molar-refractivity contribution >= 4 is 43.7 Å². The van der Waals surface area contributed by atoms with Crippen molar-refractivity contribution in [2.45, 2.75) is 0 Å². The molecule has 7 aromatic carbocycles. The van der Waals surface area contributed by atoms with Crippen LogP contribution in [0.1, 0.15) is 6.85 Å². The highest BCUT2D eigenvalue weighted by atomic mass is 16.3. The molecule has 0 N–H and O–H groups in total. The molecule has 3 aromatic heterocycles. The molecule has 234 valence electrons. The first-order valence-electron chi connectivity index (χ1n) is 18.8. The highest BCUT2D eigenvalue weighted by molar-refractivity contribution is 6.15. The van der Waals surface area contributed by atoms with E-state index in [0.717, 1.165) is 33.2 Å². The van der Waals surface area contributed by atoms with Gasteiger partial charge in [-0.15, -0.1) is 0 Å². The van der Waals surface area contributed by atoms with Crippen LogP contribution < -0.4 is 0 Å². The lowest BCUT2D eigenvalue weighted by Crippen LogP contribution is -2.01. The molecule has 0 radical (unpaired) electrons. The Kier molecular flexibility index (Phi) is 5.35. The van der Waals surface area contributed by atoms with E-state index in [1.54, 1.807) is 12.1 Å². The third-order valence-electron chi connectivity index (χ3n) is 9.16. The van der Waals surface area contributed by atoms with E-state index in [0.29, 0.717) is 45.2 Å². The number of benzene rings is 7. The van der Waals surface area contributed by atoms with Crippen LogP contribution in [0.15, 0.2) is 174 Å². The molecular weight excluding hydrogens is 613 g/mol. The molecule has 0 saturated heterocycles. The normalized spacial score (nSPS) is 13.0. The van der Waals surface area contributed by atoms with Gasteiger partial charge in [-0.05, 0) is 48.0 Å². The van der Waals surface area contributed by atoms with E-state index in [1.165, 1.54) is 10.8 Å². The number of nitrogens with zero attached hydrogens (tertiary/aromatic N) is 4. The predicted octanol–water partition coefficient (Wildman–Crippen LogP) is 11.5. The molecule has 0 atom stereocenters. The second kappa shape index (κ2) is 11.4. The Morgan fingerprint density at radius 1 is 0.460 bits per heavy atom. The minimum atomic E-state index is -0.445. The molecule has 10 rings (SSSR count). The van der Waals surface area contributed by atoms with Gasteiger partial charge in [-0.2, -0.15) is 0 Å². The molecule has 0 unspecified atom stereocenters. The lowest BCUT2D eigenvalue weighted by molar-refractivity contribution is 0.670. The minimum Gasteiger partial charge on any atom is -0.455 e. The van der Waals surface area contributed by atoms with Gasteiger partial charge in [0.05, 0.1) is 17.9 Å². The summed E-state index contributed by atoms with van der Waals surface area (Å²) >= 11 is 0. The van der Waals surface area contributed by atoms with Gasteiger partial charge in [0, 0.05) is 49.5 Å². The lowest BCUT2D eigenvalue weighted by atomic mass is 10.0. The van der Waals surface area contributed by atoms with Gasteiger partial charge in [-0.3, -0.25) is 0 Å². The van der Waals surface area contributed by atoms with E-state index in [1.807, 2.05) is 66.7 Å². The monoisotopic (exact) mass is 645 g/mol. The molecule has 0 amide bonds. The quantitative estimate of drug-likeness (QED) is 0.187. The van der Waals surface area contributed by atoms with Crippen molar-refractivity contribution in [1.82, 2.24) is 19.5 Å². The van der Waals surface area contributed by atoms with E-state index < -0.39 is 18.1 Å². The standard InChI is InChI=1S/C45H28N4O/c1-3-13-29(14-4-1)33-19-11-20-36-41-37(21-12-24-40(41)50-42(33)36)45-47-43(30-15-5-2-6-16-30)46-44(48-45)31-25-27-32(28-26-31)49-38-22-9-7-17-34(38)35-18-8-10-23-39(35)49/h1-28H/i1D,3D,4D,13D,14D. The van der Waals surface area contributed by atoms with Crippen LogP contribution >= 0.6 is 0 Å². The SMILES string of the molecule is [2H]c1c([2H])c([2H])c(-c2cccc3c2oc2cccc(-c4nc(-c5ccccc5)nc(-c5ccc(-n6c7ccccc7c7ccccc76)cc5)n4)c23)c([2H])c1[2H]. The van der Waals surface area contributed by atoms with Gasteiger partial charge >= 0.3 is 0 Å². The van der Waals surface area contributed by atoms with Crippen LogP contribution in [0.2, 0.25) is 0 Å². The highest BCUT2D eigenvalue weighted by Gasteiger charge is 2.20. The van der Waals surface area contributed by atoms with Crippen LogP contribution in [-0.2, 0) is 0 Å². The maximum atomic E-state index is 8.65. The Hall–Kier alpha value is -6.85. The molecular formula is C45H28N4O. The summed E-state index contributed by atoms with van der Waals surface area (Å²) in [7, 11) is 0. The van der Waals surface area contributed by atoms with E-state index in [9.17, 15) is 0 Å². The summed E-state index contributed by atoms with van der Waals surface area (Å²) in [4.78, 5) is 15.0. The zero-order valence-electron chi connectivity index (χ0n) is 31.5. The first-order chi connectivity index (χ1) is 26.9. The molecule has 0 aliphatic rings. The molecule has 0 aliphatic carbocycles. The van der Waals surface area contributed by atoms with Crippen molar-refractivity contribution in [1.29, 1.82) is 0 Å². The van der Waals surface area contributed by atoms with Gasteiger partial charge in [-0.1, -0.05) is 127 Å². The van der Waals surface area contributed by atoms with Crippen LogP contribution in [0, 0.1) is 0 Å². The fourth-order valence-corrected chi connectivity index (χ4v) is 6.92. The van der Waals surface area contributed by atoms with Gasteiger partial charge in [0.25, 0.3) is 0 Å². The summed E-state index contributed by atoms with van der Waals surface area (Å²) in [6.07, 6.45) is 0. The third-order valence-corrected chi connectivity index (χ3v) is 9.16. The maximum absolute atomic E-state index is 8.65. The third kappa shape index (κ3) is 4.52. The van der Waals surface area contributed by atoms with Crippen LogP contribution in [0.4, 0.5) is 0 Å². The zero-order valence-corrected chi connectivity index (χ0v) is 26.5. The van der Waals surface area contributed by atoms with Crippen molar-refractivity contribution in [2.75, 3.05) is 0 Å². The fraction of sp³-hybridized carbons (Fsp3) is 0. The number of hydrogen-bond donors (Lipinski definition) is 0. The smallest absolute Gasteiger partial charge is 0.164 e. The molecule has 5 heteroatoms. The van der Waals surface area contributed by atoms with Gasteiger partial charge in [0.1, 0.15) is 11.2 Å². The van der Waals surface area contributed by atoms with E-state index in [4.69, 9.17) is 26.2 Å². The first-order valence-corrected chi connectivity index (χ1v) is 16.3. The van der Waals surface area contributed by atoms with Crippen LogP contribution in [0.25, 0.3) is 94.7 Å². The molecule has 50 heavy (non-hydrogen) atoms. The minimum absolute atomic E-state index is 0.0790. The van der Waals surface area contributed by atoms with E-state index >= 15 is 0 Å². The van der Waals surface area contributed by atoms with E-state index in [-0.39, 0.29) is 17.6 Å². The van der Waals surface area contributed by atoms with Gasteiger partial charge in [0.2, 0.25) is 0 Å². The molecule has 0 fully saturated rings. The molecule has 3 heterocycles. The second-order valence-electron chi connectivity index (χ2n) is 12.1. The zero-order chi connectivity index (χ0) is 37.4. The fourth-order valence-electron chi connectivity index (χ4n) is 6.92. The number of rotatable bonds is 5. The van der Waals surface area contributed by atoms with Crippen LogP contribution in [0.5, 0.6) is 0 Å². The first kappa shape index (κ1) is 23.5. The predicted molar refractivity (Wildman–Crippen MR) is 203 cm³/mol. The Bertz CT molecular complexity index is 3070. The van der Waals surface area contributed by atoms with Crippen molar-refractivity contribution in [3.8, 4) is 51.0 Å². The number of hydrogen-bond acceptors (Lipinski definition) is 4. The molecule has 10 aromatic rings.